The van der Waals surface area contributed by atoms with Crippen molar-refractivity contribution in [3.63, 3.8) is 0 Å². The minimum Gasteiger partial charge on any atom is -0.369 e. The highest BCUT2D eigenvalue weighted by Gasteiger charge is 2.31. The zero-order chi connectivity index (χ0) is 17.8. The quantitative estimate of drug-likeness (QED) is 0.846. The summed E-state index contributed by atoms with van der Waals surface area (Å²) in [5.41, 5.74) is 6.47. The Kier molecular flexibility index (Phi) is 5.73. The average molecular weight is 347 g/mol. The molecule has 7 nitrogen and oxygen atoms in total. The third kappa shape index (κ3) is 4.81. The predicted octanol–water partition coefficient (Wildman–Crippen LogP) is 0.627. The molecule has 1 aromatic rings. The molecule has 0 saturated carbocycles. The first kappa shape index (κ1) is 17.9. The molecule has 2 aliphatic rings. The van der Waals surface area contributed by atoms with E-state index >= 15 is 0 Å². The summed E-state index contributed by atoms with van der Waals surface area (Å²) in [6.45, 7) is 6.43. The maximum absolute atomic E-state index is 12.8. The summed E-state index contributed by atoms with van der Waals surface area (Å²) in [6, 6.07) is 0. The van der Waals surface area contributed by atoms with Crippen LogP contribution >= 0.6 is 0 Å². The first-order valence-electron chi connectivity index (χ1n) is 9.30. The Morgan fingerprint density at radius 1 is 1.24 bits per heavy atom. The van der Waals surface area contributed by atoms with Crippen LogP contribution in [-0.4, -0.2) is 64.1 Å². The number of primary amides is 1. The number of carbonyl (C=O) groups excluding carboxylic acids is 2. The third-order valence-corrected chi connectivity index (χ3v) is 5.37. The van der Waals surface area contributed by atoms with E-state index in [9.17, 15) is 9.59 Å². The van der Waals surface area contributed by atoms with E-state index in [1.807, 2.05) is 20.7 Å². The summed E-state index contributed by atoms with van der Waals surface area (Å²) in [5.74, 6) is 0.532. The van der Waals surface area contributed by atoms with E-state index in [1.54, 1.807) is 0 Å². The molecule has 0 aromatic carbocycles. The van der Waals surface area contributed by atoms with Crippen molar-refractivity contribution in [2.75, 3.05) is 32.7 Å². The molecule has 25 heavy (non-hydrogen) atoms. The summed E-state index contributed by atoms with van der Waals surface area (Å²) in [4.78, 5) is 28.0. The van der Waals surface area contributed by atoms with E-state index in [0.717, 1.165) is 51.9 Å². The van der Waals surface area contributed by atoms with Crippen molar-refractivity contribution >= 4 is 11.8 Å². The second-order valence-electron chi connectivity index (χ2n) is 7.55. The highest BCUT2D eigenvalue weighted by atomic mass is 16.2. The Morgan fingerprint density at radius 3 is 2.64 bits per heavy atom. The fourth-order valence-corrected chi connectivity index (χ4v) is 4.05. The zero-order valence-corrected chi connectivity index (χ0v) is 15.1. The Morgan fingerprint density at radius 2 is 2.00 bits per heavy atom. The van der Waals surface area contributed by atoms with Gasteiger partial charge in [0.25, 0.3) is 0 Å². The third-order valence-electron chi connectivity index (χ3n) is 5.37. The highest BCUT2D eigenvalue weighted by Crippen LogP contribution is 2.24. The van der Waals surface area contributed by atoms with Crippen LogP contribution in [0.5, 0.6) is 0 Å². The molecule has 138 valence electrons. The topological polar surface area (TPSA) is 84.5 Å². The van der Waals surface area contributed by atoms with Crippen LogP contribution < -0.4 is 5.73 Å². The van der Waals surface area contributed by atoms with Crippen molar-refractivity contribution in [1.82, 2.24) is 19.6 Å². The fourth-order valence-electron chi connectivity index (χ4n) is 4.05. The van der Waals surface area contributed by atoms with Gasteiger partial charge < -0.3 is 10.6 Å². The van der Waals surface area contributed by atoms with Gasteiger partial charge >= 0.3 is 0 Å². The minimum absolute atomic E-state index is 0.0124. The molecule has 0 bridgehead atoms. The van der Waals surface area contributed by atoms with Gasteiger partial charge in [-0.3, -0.25) is 19.2 Å². The Hall–Kier alpha value is -1.89. The molecule has 2 aliphatic heterocycles. The molecule has 2 saturated heterocycles. The lowest BCUT2D eigenvalue weighted by atomic mass is 9.92. The van der Waals surface area contributed by atoms with Gasteiger partial charge in [0, 0.05) is 32.4 Å². The van der Waals surface area contributed by atoms with E-state index in [2.05, 4.69) is 18.2 Å². The van der Waals surface area contributed by atoms with Crippen LogP contribution in [0.1, 0.15) is 31.2 Å². The average Bonchev–Trinajstić information content (AvgIpc) is 2.99. The molecule has 2 N–H and O–H groups in total. The predicted molar refractivity (Wildman–Crippen MR) is 94.6 cm³/mol. The van der Waals surface area contributed by atoms with E-state index < -0.39 is 0 Å². The number of rotatable bonds is 5. The van der Waals surface area contributed by atoms with Crippen LogP contribution in [0.3, 0.4) is 0 Å². The summed E-state index contributed by atoms with van der Waals surface area (Å²) in [6.07, 6.45) is 7.90. The van der Waals surface area contributed by atoms with Crippen LogP contribution in [0.15, 0.2) is 12.4 Å². The number of nitrogens with two attached hydrogens (primary N) is 1. The Labute approximate surface area is 149 Å². The van der Waals surface area contributed by atoms with Gasteiger partial charge in [-0.25, -0.2) is 0 Å². The van der Waals surface area contributed by atoms with Crippen molar-refractivity contribution in [2.45, 2.75) is 39.2 Å². The van der Waals surface area contributed by atoms with Crippen molar-refractivity contribution < 1.29 is 9.59 Å². The normalized spacial score (nSPS) is 22.9. The second-order valence-corrected chi connectivity index (χ2v) is 7.55. The molecule has 0 unspecified atom stereocenters. The van der Waals surface area contributed by atoms with Crippen LogP contribution in [0.4, 0.5) is 0 Å². The first-order valence-corrected chi connectivity index (χ1v) is 9.30. The molecule has 2 fully saturated rings. The SMILES string of the molecule is Cc1cnn(CC2CCN(C(=O)[C@H]3CCCN(CC(N)=O)C3)CC2)c1. The molecule has 7 heteroatoms. The molecule has 3 rings (SSSR count). The molecule has 2 amide bonds. The monoisotopic (exact) mass is 347 g/mol. The van der Waals surface area contributed by atoms with Crippen molar-refractivity contribution in [2.24, 2.45) is 17.6 Å². The van der Waals surface area contributed by atoms with Gasteiger partial charge in [-0.1, -0.05) is 0 Å². The molecule has 0 spiro atoms. The van der Waals surface area contributed by atoms with Gasteiger partial charge in [0.05, 0.1) is 18.7 Å². The van der Waals surface area contributed by atoms with E-state index in [4.69, 9.17) is 5.73 Å². The largest absolute Gasteiger partial charge is 0.369 e. The lowest BCUT2D eigenvalue weighted by molar-refractivity contribution is -0.139. The molecule has 0 radical (unpaired) electrons. The summed E-state index contributed by atoms with van der Waals surface area (Å²) >= 11 is 0. The number of carbonyl (C=O) groups is 2. The number of amides is 2. The number of aromatic nitrogens is 2. The molecule has 1 atom stereocenters. The smallest absolute Gasteiger partial charge is 0.231 e. The summed E-state index contributed by atoms with van der Waals surface area (Å²) in [5, 5.41) is 4.36. The first-order chi connectivity index (χ1) is 12.0. The number of piperidine rings is 2. The number of hydrogen-bond donors (Lipinski definition) is 1. The maximum atomic E-state index is 12.8. The molecular formula is C18H29N5O2. The van der Waals surface area contributed by atoms with Crippen LogP contribution in [0.25, 0.3) is 0 Å². The Balaban J connectivity index is 1.47. The fraction of sp³-hybridized carbons (Fsp3) is 0.722. The van der Waals surface area contributed by atoms with Gasteiger partial charge in [-0.15, -0.1) is 0 Å². The second kappa shape index (κ2) is 7.99. The summed E-state index contributed by atoms with van der Waals surface area (Å²) in [7, 11) is 0. The highest BCUT2D eigenvalue weighted by molar-refractivity contribution is 5.79. The standard InChI is InChI=1S/C18H29N5O2/c1-14-9-20-23(10-14)11-15-4-7-22(8-5-15)18(25)16-3-2-6-21(12-16)13-17(19)24/h9-10,15-16H,2-8,11-13H2,1H3,(H2,19,24)/t16-/m0/s1. The minimum atomic E-state index is -0.317. The van der Waals surface area contributed by atoms with Crippen LogP contribution in [0, 0.1) is 18.8 Å². The maximum Gasteiger partial charge on any atom is 0.231 e. The molecular weight excluding hydrogens is 318 g/mol. The lowest BCUT2D eigenvalue weighted by Crippen LogP contribution is -2.48. The van der Waals surface area contributed by atoms with Gasteiger partial charge in [-0.2, -0.15) is 5.10 Å². The van der Waals surface area contributed by atoms with Crippen molar-refractivity contribution in [3.8, 4) is 0 Å². The number of hydrogen-bond acceptors (Lipinski definition) is 4. The van der Waals surface area contributed by atoms with Gasteiger partial charge in [0.2, 0.25) is 11.8 Å². The van der Waals surface area contributed by atoms with Gasteiger partial charge in [0.1, 0.15) is 0 Å². The van der Waals surface area contributed by atoms with Gasteiger partial charge in [0.15, 0.2) is 0 Å². The Bertz CT molecular complexity index is 606. The molecule has 3 heterocycles. The number of nitrogens with zero attached hydrogens (tertiary/aromatic N) is 4. The lowest BCUT2D eigenvalue weighted by Gasteiger charge is -2.37. The number of aryl methyl sites for hydroxylation is 1. The molecule has 0 aliphatic carbocycles. The number of likely N-dealkylation sites (tertiary alicyclic amines) is 2. The van der Waals surface area contributed by atoms with Crippen molar-refractivity contribution in [1.29, 1.82) is 0 Å². The van der Waals surface area contributed by atoms with Crippen LogP contribution in [-0.2, 0) is 16.1 Å². The zero-order valence-electron chi connectivity index (χ0n) is 15.1. The van der Waals surface area contributed by atoms with E-state index in [-0.39, 0.29) is 24.3 Å². The molecule has 1 aromatic heterocycles. The van der Waals surface area contributed by atoms with E-state index in [1.165, 1.54) is 5.56 Å². The van der Waals surface area contributed by atoms with Crippen LogP contribution in [0.2, 0.25) is 0 Å². The van der Waals surface area contributed by atoms with Crippen molar-refractivity contribution in [3.05, 3.63) is 18.0 Å². The van der Waals surface area contributed by atoms with E-state index in [0.29, 0.717) is 12.5 Å². The van der Waals surface area contributed by atoms with Gasteiger partial charge in [-0.05, 0) is 50.6 Å². The summed E-state index contributed by atoms with van der Waals surface area (Å²) < 4.78 is 2.01.